The Morgan fingerprint density at radius 3 is 2.59 bits per heavy atom. The monoisotopic (exact) mass is 545 g/mol. The molecule has 0 atom stereocenters. The second-order valence-corrected chi connectivity index (χ2v) is 7.95. The molecule has 7 heteroatoms. The molecule has 3 heterocycles. The van der Waals surface area contributed by atoms with Gasteiger partial charge in [0.1, 0.15) is 11.6 Å². The summed E-state index contributed by atoms with van der Waals surface area (Å²) in [6.07, 6.45) is 4.66. The molecule has 1 aliphatic heterocycles. The fourth-order valence-electron chi connectivity index (χ4n) is 3.82. The van der Waals surface area contributed by atoms with Gasteiger partial charge in [0.05, 0.1) is 12.8 Å². The number of nitrogens with one attached hydrogen (secondary N) is 2. The van der Waals surface area contributed by atoms with Crippen LogP contribution in [0.25, 0.3) is 0 Å². The number of halogens is 1. The number of piperidine rings is 1. The molecule has 0 bridgehead atoms. The molecule has 0 aliphatic carbocycles. The number of aromatic nitrogens is 1. The molecule has 0 amide bonds. The molecule has 0 unspecified atom stereocenters. The number of aryl methyl sites for hydroxylation is 1. The molecule has 6 nitrogen and oxygen atoms in total. The van der Waals surface area contributed by atoms with Crippen molar-refractivity contribution in [3.8, 4) is 0 Å². The van der Waals surface area contributed by atoms with Crippen molar-refractivity contribution in [1.82, 2.24) is 15.6 Å². The molecule has 3 aromatic rings. The molecule has 2 aromatic heterocycles. The number of hydrogen-bond acceptors (Lipinski definition) is 4. The number of furan rings is 1. The van der Waals surface area contributed by atoms with Gasteiger partial charge in [-0.15, -0.1) is 24.0 Å². The van der Waals surface area contributed by atoms with E-state index in [1.807, 2.05) is 31.2 Å². The Morgan fingerprint density at radius 1 is 1.06 bits per heavy atom. The normalized spacial score (nSPS) is 14.7. The van der Waals surface area contributed by atoms with Gasteiger partial charge in [-0.3, -0.25) is 0 Å². The summed E-state index contributed by atoms with van der Waals surface area (Å²) < 4.78 is 5.45. The fourth-order valence-corrected chi connectivity index (χ4v) is 3.82. The summed E-state index contributed by atoms with van der Waals surface area (Å²) in [6, 6.07) is 20.9. The highest BCUT2D eigenvalue weighted by molar-refractivity contribution is 14.0. The van der Waals surface area contributed by atoms with Crippen molar-refractivity contribution >= 4 is 35.8 Å². The van der Waals surface area contributed by atoms with Crippen LogP contribution in [0.2, 0.25) is 0 Å². The summed E-state index contributed by atoms with van der Waals surface area (Å²) in [5.74, 6) is 2.92. The number of aliphatic imine (C=N–C) groups is 1. The quantitative estimate of drug-likeness (QED) is 0.259. The lowest BCUT2D eigenvalue weighted by Crippen LogP contribution is -2.49. The number of pyridine rings is 1. The lowest BCUT2D eigenvalue weighted by molar-refractivity contribution is 0.458. The molecule has 4 rings (SSSR count). The molecule has 1 aromatic carbocycles. The van der Waals surface area contributed by atoms with E-state index in [1.165, 1.54) is 5.56 Å². The van der Waals surface area contributed by atoms with Crippen LogP contribution in [-0.2, 0) is 13.0 Å². The van der Waals surface area contributed by atoms with Gasteiger partial charge in [0.2, 0.25) is 0 Å². The number of hydrogen-bond donors (Lipinski definition) is 2. The van der Waals surface area contributed by atoms with Crippen molar-refractivity contribution in [2.24, 2.45) is 4.99 Å². The SMILES string of the molecule is Cc1cccc(N2CCC(NC(=NCc3ccccc3)NCCc3ccco3)CC2)n1.I. The summed E-state index contributed by atoms with van der Waals surface area (Å²) in [6.45, 7) is 5.46. The van der Waals surface area contributed by atoms with Gasteiger partial charge in [0, 0.05) is 37.8 Å². The first-order valence-corrected chi connectivity index (χ1v) is 11.1. The third-order valence-corrected chi connectivity index (χ3v) is 5.54. The van der Waals surface area contributed by atoms with E-state index >= 15 is 0 Å². The van der Waals surface area contributed by atoms with Crippen molar-refractivity contribution in [1.29, 1.82) is 0 Å². The predicted octanol–water partition coefficient (Wildman–Crippen LogP) is 4.55. The van der Waals surface area contributed by atoms with Gasteiger partial charge in [-0.05, 0) is 49.6 Å². The summed E-state index contributed by atoms with van der Waals surface area (Å²) in [5.41, 5.74) is 2.27. The first-order valence-electron chi connectivity index (χ1n) is 11.1. The maximum absolute atomic E-state index is 5.45. The number of benzene rings is 1. The van der Waals surface area contributed by atoms with E-state index in [2.05, 4.69) is 56.9 Å². The van der Waals surface area contributed by atoms with E-state index in [4.69, 9.17) is 9.41 Å². The summed E-state index contributed by atoms with van der Waals surface area (Å²) in [4.78, 5) is 11.9. The van der Waals surface area contributed by atoms with Crippen LogP contribution in [-0.4, -0.2) is 36.6 Å². The minimum Gasteiger partial charge on any atom is -0.469 e. The van der Waals surface area contributed by atoms with Crippen LogP contribution in [0.15, 0.2) is 76.3 Å². The van der Waals surface area contributed by atoms with Crippen molar-refractivity contribution in [2.45, 2.75) is 38.8 Å². The third kappa shape index (κ3) is 7.25. The van der Waals surface area contributed by atoms with Crippen LogP contribution in [0.3, 0.4) is 0 Å². The van der Waals surface area contributed by atoms with Crippen molar-refractivity contribution in [3.63, 3.8) is 0 Å². The predicted molar refractivity (Wildman–Crippen MR) is 141 cm³/mol. The van der Waals surface area contributed by atoms with Gasteiger partial charge in [0.25, 0.3) is 0 Å². The van der Waals surface area contributed by atoms with E-state index in [1.54, 1.807) is 6.26 Å². The van der Waals surface area contributed by atoms with Gasteiger partial charge < -0.3 is 20.0 Å². The average molecular weight is 545 g/mol. The molecule has 0 radical (unpaired) electrons. The number of anilines is 1. The fraction of sp³-hybridized carbons (Fsp3) is 0.360. The Balaban J connectivity index is 0.00000289. The van der Waals surface area contributed by atoms with Crippen LogP contribution in [0.5, 0.6) is 0 Å². The lowest BCUT2D eigenvalue weighted by atomic mass is 10.1. The number of rotatable bonds is 7. The van der Waals surface area contributed by atoms with Crippen LogP contribution in [0.4, 0.5) is 5.82 Å². The zero-order valence-corrected chi connectivity index (χ0v) is 20.9. The zero-order valence-electron chi connectivity index (χ0n) is 18.5. The largest absolute Gasteiger partial charge is 0.469 e. The third-order valence-electron chi connectivity index (χ3n) is 5.54. The van der Waals surface area contributed by atoms with E-state index in [9.17, 15) is 0 Å². The molecule has 1 aliphatic rings. The molecule has 0 saturated carbocycles. The number of nitrogens with zero attached hydrogens (tertiary/aromatic N) is 3. The van der Waals surface area contributed by atoms with Crippen LogP contribution in [0.1, 0.15) is 29.9 Å². The summed E-state index contributed by atoms with van der Waals surface area (Å²) >= 11 is 0. The van der Waals surface area contributed by atoms with Crippen LogP contribution >= 0.6 is 24.0 Å². The Labute approximate surface area is 207 Å². The van der Waals surface area contributed by atoms with Crippen molar-refractivity contribution in [2.75, 3.05) is 24.5 Å². The van der Waals surface area contributed by atoms with Gasteiger partial charge in [-0.1, -0.05) is 36.4 Å². The van der Waals surface area contributed by atoms with E-state index < -0.39 is 0 Å². The maximum atomic E-state index is 5.45. The van der Waals surface area contributed by atoms with Gasteiger partial charge in [-0.2, -0.15) is 0 Å². The first kappa shape index (κ1) is 24.1. The summed E-state index contributed by atoms with van der Waals surface area (Å²) in [7, 11) is 0. The topological polar surface area (TPSA) is 65.7 Å². The zero-order chi connectivity index (χ0) is 21.3. The molecule has 170 valence electrons. The molecule has 32 heavy (non-hydrogen) atoms. The minimum absolute atomic E-state index is 0. The molecule has 2 N–H and O–H groups in total. The Morgan fingerprint density at radius 2 is 1.88 bits per heavy atom. The second kappa shape index (κ2) is 12.5. The molecular weight excluding hydrogens is 513 g/mol. The minimum atomic E-state index is 0. The molecular formula is C25H32IN5O. The molecule has 1 fully saturated rings. The highest BCUT2D eigenvalue weighted by Gasteiger charge is 2.21. The smallest absolute Gasteiger partial charge is 0.191 e. The van der Waals surface area contributed by atoms with Crippen LogP contribution in [0, 0.1) is 6.92 Å². The molecule has 0 spiro atoms. The maximum Gasteiger partial charge on any atom is 0.191 e. The second-order valence-electron chi connectivity index (χ2n) is 7.95. The van der Waals surface area contributed by atoms with Crippen molar-refractivity contribution < 1.29 is 4.42 Å². The number of guanidine groups is 1. The first-order chi connectivity index (χ1) is 15.3. The van der Waals surface area contributed by atoms with Gasteiger partial charge in [-0.25, -0.2) is 9.98 Å². The lowest BCUT2D eigenvalue weighted by Gasteiger charge is -2.34. The van der Waals surface area contributed by atoms with Gasteiger partial charge in [0.15, 0.2) is 5.96 Å². The summed E-state index contributed by atoms with van der Waals surface area (Å²) in [5, 5.41) is 7.13. The Hall–Kier alpha value is -2.55. The Bertz CT molecular complexity index is 953. The van der Waals surface area contributed by atoms with E-state index in [-0.39, 0.29) is 24.0 Å². The Kier molecular flexibility index (Phi) is 9.40. The van der Waals surface area contributed by atoms with Crippen molar-refractivity contribution in [3.05, 3.63) is 83.9 Å². The highest BCUT2D eigenvalue weighted by Crippen LogP contribution is 2.18. The standard InChI is InChI=1S/C25H31N5O.HI/c1-20-7-5-11-24(28-20)30-16-13-22(14-17-30)29-25(26-15-12-23-10-6-18-31-23)27-19-21-8-3-2-4-9-21;/h2-11,18,22H,12-17,19H2,1H3,(H2,26,27,29);1H. The van der Waals surface area contributed by atoms with E-state index in [0.29, 0.717) is 12.6 Å². The highest BCUT2D eigenvalue weighted by atomic mass is 127. The van der Waals surface area contributed by atoms with E-state index in [0.717, 1.165) is 62.1 Å². The molecule has 1 saturated heterocycles. The average Bonchev–Trinajstić information content (AvgIpc) is 3.32. The van der Waals surface area contributed by atoms with Gasteiger partial charge >= 0.3 is 0 Å². The van der Waals surface area contributed by atoms with Crippen LogP contribution < -0.4 is 15.5 Å².